The summed E-state index contributed by atoms with van der Waals surface area (Å²) in [4.78, 5) is 4.70. The van der Waals surface area contributed by atoms with E-state index in [0.29, 0.717) is 18.2 Å². The summed E-state index contributed by atoms with van der Waals surface area (Å²) in [6.45, 7) is 4.00. The van der Waals surface area contributed by atoms with E-state index < -0.39 is 0 Å². The fraction of sp³-hybridized carbons (Fsp3) is 0.933. The van der Waals surface area contributed by atoms with Crippen LogP contribution in [0.1, 0.15) is 51.9 Å². The Labute approximate surface area is 116 Å². The standard InChI is InChI=1S/C15H27N3O/c1-2-16-15(17-9-3-4-11-5-6-11)18-13-10-12-7-8-14(13)19-12/h11-14H,2-10H2,1H3,(H2,16,17,18). The molecule has 2 heterocycles. The van der Waals surface area contributed by atoms with E-state index >= 15 is 0 Å². The molecule has 4 heteroatoms. The van der Waals surface area contributed by atoms with E-state index in [2.05, 4.69) is 17.6 Å². The molecule has 3 aliphatic rings. The van der Waals surface area contributed by atoms with E-state index in [0.717, 1.165) is 31.4 Å². The summed E-state index contributed by atoms with van der Waals surface area (Å²) in [6, 6.07) is 0.472. The molecule has 1 saturated carbocycles. The van der Waals surface area contributed by atoms with Crippen molar-refractivity contribution in [2.45, 2.75) is 70.1 Å². The van der Waals surface area contributed by atoms with Crippen LogP contribution >= 0.6 is 0 Å². The van der Waals surface area contributed by atoms with Gasteiger partial charge in [-0.3, -0.25) is 4.99 Å². The highest BCUT2D eigenvalue weighted by atomic mass is 16.5. The summed E-state index contributed by atoms with van der Waals surface area (Å²) in [5.41, 5.74) is 0. The predicted octanol–water partition coefficient (Wildman–Crippen LogP) is 2.05. The number of nitrogens with one attached hydrogen (secondary N) is 2. The molecule has 0 amide bonds. The van der Waals surface area contributed by atoms with Crippen molar-refractivity contribution < 1.29 is 4.74 Å². The van der Waals surface area contributed by atoms with Gasteiger partial charge >= 0.3 is 0 Å². The van der Waals surface area contributed by atoms with Crippen LogP contribution in [0.3, 0.4) is 0 Å². The van der Waals surface area contributed by atoms with Crippen LogP contribution in [-0.4, -0.2) is 37.3 Å². The smallest absolute Gasteiger partial charge is 0.191 e. The van der Waals surface area contributed by atoms with Gasteiger partial charge in [-0.25, -0.2) is 0 Å². The summed E-state index contributed by atoms with van der Waals surface area (Å²) in [5.74, 6) is 2.00. The lowest BCUT2D eigenvalue weighted by molar-refractivity contribution is 0.0992. The zero-order valence-corrected chi connectivity index (χ0v) is 12.0. The number of nitrogens with zero attached hydrogens (tertiary/aromatic N) is 1. The fourth-order valence-electron chi connectivity index (χ4n) is 3.26. The summed E-state index contributed by atoms with van der Waals surface area (Å²) < 4.78 is 5.88. The molecule has 2 aliphatic heterocycles. The maximum absolute atomic E-state index is 5.88. The van der Waals surface area contributed by atoms with Crippen LogP contribution in [0.25, 0.3) is 0 Å². The van der Waals surface area contributed by atoms with E-state index in [1.165, 1.54) is 38.5 Å². The molecule has 3 fully saturated rings. The molecule has 19 heavy (non-hydrogen) atoms. The van der Waals surface area contributed by atoms with Crippen molar-refractivity contribution in [1.29, 1.82) is 0 Å². The van der Waals surface area contributed by atoms with Crippen LogP contribution in [0, 0.1) is 5.92 Å². The molecule has 2 saturated heterocycles. The number of hydrogen-bond donors (Lipinski definition) is 2. The van der Waals surface area contributed by atoms with Crippen LogP contribution in [0.2, 0.25) is 0 Å². The Morgan fingerprint density at radius 1 is 1.26 bits per heavy atom. The van der Waals surface area contributed by atoms with Gasteiger partial charge in [0.05, 0.1) is 18.2 Å². The van der Waals surface area contributed by atoms with Crippen molar-refractivity contribution in [3.05, 3.63) is 0 Å². The second-order valence-electron chi connectivity index (χ2n) is 6.21. The van der Waals surface area contributed by atoms with Gasteiger partial charge < -0.3 is 15.4 Å². The summed E-state index contributed by atoms with van der Waals surface area (Å²) >= 11 is 0. The molecule has 3 unspecified atom stereocenters. The van der Waals surface area contributed by atoms with Crippen LogP contribution in [0.4, 0.5) is 0 Å². The largest absolute Gasteiger partial charge is 0.373 e. The molecule has 2 N–H and O–H groups in total. The van der Waals surface area contributed by atoms with Crippen LogP contribution in [-0.2, 0) is 4.74 Å². The minimum atomic E-state index is 0.417. The average Bonchev–Trinajstić information content (AvgIpc) is 3.00. The maximum atomic E-state index is 5.88. The van der Waals surface area contributed by atoms with Crippen molar-refractivity contribution >= 4 is 5.96 Å². The second-order valence-corrected chi connectivity index (χ2v) is 6.21. The van der Waals surface area contributed by atoms with Crippen molar-refractivity contribution in [3.8, 4) is 0 Å². The maximum Gasteiger partial charge on any atom is 0.191 e. The Morgan fingerprint density at radius 3 is 2.79 bits per heavy atom. The van der Waals surface area contributed by atoms with E-state index in [1.54, 1.807) is 0 Å². The SMILES string of the molecule is CCNC(=NCCCC1CC1)NC1CC2CCC1O2. The summed E-state index contributed by atoms with van der Waals surface area (Å²) in [6.07, 6.45) is 10.0. The molecule has 0 aromatic heterocycles. The van der Waals surface area contributed by atoms with Gasteiger partial charge in [0.25, 0.3) is 0 Å². The van der Waals surface area contributed by atoms with Gasteiger partial charge in [0.15, 0.2) is 5.96 Å². The number of ether oxygens (including phenoxy) is 1. The Morgan fingerprint density at radius 2 is 2.16 bits per heavy atom. The lowest BCUT2D eigenvalue weighted by Gasteiger charge is -2.22. The minimum absolute atomic E-state index is 0.417. The molecular formula is C15H27N3O. The quantitative estimate of drug-likeness (QED) is 0.439. The lowest BCUT2D eigenvalue weighted by atomic mass is 9.96. The third-order valence-electron chi connectivity index (χ3n) is 4.51. The highest BCUT2D eigenvalue weighted by molar-refractivity contribution is 5.80. The summed E-state index contributed by atoms with van der Waals surface area (Å²) in [7, 11) is 0. The molecule has 4 nitrogen and oxygen atoms in total. The normalized spacial score (nSPS) is 33.7. The molecule has 108 valence electrons. The molecule has 2 bridgehead atoms. The number of hydrogen-bond acceptors (Lipinski definition) is 2. The zero-order valence-electron chi connectivity index (χ0n) is 12.0. The molecule has 3 atom stereocenters. The third kappa shape index (κ3) is 3.62. The summed E-state index contributed by atoms with van der Waals surface area (Å²) in [5, 5.41) is 6.92. The van der Waals surface area contributed by atoms with E-state index in [4.69, 9.17) is 9.73 Å². The Bertz CT molecular complexity index is 327. The fourth-order valence-corrected chi connectivity index (χ4v) is 3.26. The molecule has 0 aromatic carbocycles. The average molecular weight is 265 g/mol. The number of fused-ring (bicyclic) bond motifs is 2. The van der Waals surface area contributed by atoms with Gasteiger partial charge in [-0.05, 0) is 44.9 Å². The molecule has 0 aromatic rings. The molecular weight excluding hydrogens is 238 g/mol. The number of guanidine groups is 1. The Balaban J connectivity index is 1.44. The highest BCUT2D eigenvalue weighted by Crippen LogP contribution is 2.34. The molecule has 0 spiro atoms. The van der Waals surface area contributed by atoms with E-state index in [-0.39, 0.29) is 0 Å². The second kappa shape index (κ2) is 6.12. The van der Waals surface area contributed by atoms with Crippen molar-refractivity contribution in [3.63, 3.8) is 0 Å². The molecule has 1 aliphatic carbocycles. The predicted molar refractivity (Wildman–Crippen MR) is 77.4 cm³/mol. The van der Waals surface area contributed by atoms with Gasteiger partial charge in [-0.1, -0.05) is 12.8 Å². The van der Waals surface area contributed by atoms with Gasteiger partial charge in [-0.15, -0.1) is 0 Å². The van der Waals surface area contributed by atoms with Gasteiger partial charge in [0, 0.05) is 13.1 Å². The first-order valence-electron chi connectivity index (χ1n) is 8.05. The van der Waals surface area contributed by atoms with Crippen LogP contribution in [0.5, 0.6) is 0 Å². The monoisotopic (exact) mass is 265 g/mol. The first-order chi connectivity index (χ1) is 9.35. The topological polar surface area (TPSA) is 45.7 Å². The van der Waals surface area contributed by atoms with E-state index in [1.807, 2.05) is 0 Å². The highest BCUT2D eigenvalue weighted by Gasteiger charge is 2.41. The van der Waals surface area contributed by atoms with Gasteiger partial charge in [0.2, 0.25) is 0 Å². The molecule has 3 rings (SSSR count). The van der Waals surface area contributed by atoms with E-state index in [9.17, 15) is 0 Å². The van der Waals surface area contributed by atoms with Gasteiger partial charge in [-0.2, -0.15) is 0 Å². The molecule has 0 radical (unpaired) electrons. The van der Waals surface area contributed by atoms with Crippen molar-refractivity contribution in [2.24, 2.45) is 10.9 Å². The zero-order chi connectivity index (χ0) is 13.1. The Hall–Kier alpha value is -0.770. The van der Waals surface area contributed by atoms with Crippen molar-refractivity contribution in [1.82, 2.24) is 10.6 Å². The van der Waals surface area contributed by atoms with Crippen LogP contribution in [0.15, 0.2) is 4.99 Å². The third-order valence-corrected chi connectivity index (χ3v) is 4.51. The first-order valence-corrected chi connectivity index (χ1v) is 8.05. The number of aliphatic imine (C=N–C) groups is 1. The minimum Gasteiger partial charge on any atom is -0.373 e. The van der Waals surface area contributed by atoms with Crippen LogP contribution < -0.4 is 10.6 Å². The van der Waals surface area contributed by atoms with Gasteiger partial charge in [0.1, 0.15) is 0 Å². The number of rotatable bonds is 6. The lowest BCUT2D eigenvalue weighted by Crippen LogP contribution is -2.47. The van der Waals surface area contributed by atoms with Crippen molar-refractivity contribution in [2.75, 3.05) is 13.1 Å². The Kier molecular flexibility index (Phi) is 4.26. The first kappa shape index (κ1) is 13.2.